The first-order valence-electron chi connectivity index (χ1n) is 11.7. The molecule has 0 radical (unpaired) electrons. The van der Waals surface area contributed by atoms with Crippen molar-refractivity contribution in [3.8, 4) is 0 Å². The maximum atomic E-state index is 12.3. The summed E-state index contributed by atoms with van der Waals surface area (Å²) in [5, 5.41) is 0. The van der Waals surface area contributed by atoms with E-state index in [0.717, 1.165) is 36.8 Å². The van der Waals surface area contributed by atoms with E-state index in [1.165, 1.54) is 69.3 Å². The van der Waals surface area contributed by atoms with Gasteiger partial charge >= 0.3 is 0 Å². The van der Waals surface area contributed by atoms with Gasteiger partial charge in [-0.3, -0.25) is 4.79 Å². The summed E-state index contributed by atoms with van der Waals surface area (Å²) in [6.45, 7) is 7.56. The predicted octanol–water partition coefficient (Wildman–Crippen LogP) is 4.99. The van der Waals surface area contributed by atoms with Crippen molar-refractivity contribution in [1.82, 2.24) is 4.90 Å². The number of anilines is 1. The Hall–Kier alpha value is -1.35. The van der Waals surface area contributed by atoms with Crippen LogP contribution in [0.3, 0.4) is 0 Å². The summed E-state index contributed by atoms with van der Waals surface area (Å²) >= 11 is 0. The third kappa shape index (κ3) is 3.01. The number of amides is 1. The number of para-hydroxylation sites is 1. The van der Waals surface area contributed by atoms with Crippen LogP contribution in [-0.4, -0.2) is 36.5 Å². The van der Waals surface area contributed by atoms with Crippen molar-refractivity contribution in [1.29, 1.82) is 0 Å². The molecule has 2 aliphatic carbocycles. The molecular weight excluding hydrogens is 344 g/mol. The van der Waals surface area contributed by atoms with Gasteiger partial charge in [-0.25, -0.2) is 0 Å². The molecular formula is C25H36N2O. The maximum Gasteiger partial charge on any atom is 0.223 e. The number of hydrogen-bond acceptors (Lipinski definition) is 2. The SMILES string of the molecule is CC(=O)N1CCCC2(CCN(C(C)C3CC4CCC3C4)CC2)c2ccccc21. The Balaban J connectivity index is 1.34. The lowest BCUT2D eigenvalue weighted by Gasteiger charge is -2.46. The number of hydrogen-bond donors (Lipinski definition) is 0. The first-order chi connectivity index (χ1) is 13.6. The second kappa shape index (κ2) is 7.16. The predicted molar refractivity (Wildman–Crippen MR) is 115 cm³/mol. The summed E-state index contributed by atoms with van der Waals surface area (Å²) in [7, 11) is 0. The Morgan fingerprint density at radius 3 is 2.54 bits per heavy atom. The molecule has 3 fully saturated rings. The number of likely N-dealkylation sites (tertiary alicyclic amines) is 1. The van der Waals surface area contributed by atoms with Crippen LogP contribution in [-0.2, 0) is 10.2 Å². The molecule has 1 amide bonds. The molecule has 1 spiro atoms. The first kappa shape index (κ1) is 18.7. The lowest BCUT2D eigenvalue weighted by molar-refractivity contribution is -0.116. The summed E-state index contributed by atoms with van der Waals surface area (Å²) in [6, 6.07) is 9.51. The molecule has 2 saturated carbocycles. The van der Waals surface area contributed by atoms with Gasteiger partial charge in [-0.1, -0.05) is 24.6 Å². The molecule has 0 N–H and O–H groups in total. The zero-order chi connectivity index (χ0) is 19.3. The summed E-state index contributed by atoms with van der Waals surface area (Å²) in [4.78, 5) is 17.1. The summed E-state index contributed by atoms with van der Waals surface area (Å²) in [5.74, 6) is 3.19. The molecule has 28 heavy (non-hydrogen) atoms. The molecule has 4 atom stereocenters. The van der Waals surface area contributed by atoms with Gasteiger partial charge in [0, 0.05) is 25.2 Å². The Morgan fingerprint density at radius 2 is 1.86 bits per heavy atom. The molecule has 4 unspecified atom stereocenters. The van der Waals surface area contributed by atoms with E-state index >= 15 is 0 Å². The standard InChI is InChI=1S/C25H36N2O/c1-18(22-17-20-8-9-21(22)16-20)26-14-11-25(12-15-26)10-5-13-27(19(2)28)24-7-4-3-6-23(24)25/h3-4,6-7,18,20-22H,5,8-17H2,1-2H3. The minimum atomic E-state index is 0.187. The smallest absolute Gasteiger partial charge is 0.223 e. The number of carbonyl (C=O) groups is 1. The van der Waals surface area contributed by atoms with E-state index in [9.17, 15) is 4.79 Å². The van der Waals surface area contributed by atoms with Gasteiger partial charge in [0.2, 0.25) is 5.91 Å². The second-order valence-electron chi connectivity index (χ2n) is 10.2. The van der Waals surface area contributed by atoms with E-state index in [2.05, 4.69) is 36.1 Å². The Morgan fingerprint density at radius 1 is 1.07 bits per heavy atom. The summed E-state index contributed by atoms with van der Waals surface area (Å²) in [5.41, 5.74) is 2.89. The highest BCUT2D eigenvalue weighted by Gasteiger charge is 2.46. The minimum Gasteiger partial charge on any atom is -0.312 e. The highest BCUT2D eigenvalue weighted by Crippen LogP contribution is 2.51. The first-order valence-corrected chi connectivity index (χ1v) is 11.7. The van der Waals surface area contributed by atoms with Gasteiger partial charge in [-0.05, 0) is 99.8 Å². The van der Waals surface area contributed by atoms with Crippen molar-refractivity contribution in [2.45, 2.75) is 76.7 Å². The van der Waals surface area contributed by atoms with Crippen LogP contribution in [0.4, 0.5) is 5.69 Å². The van der Waals surface area contributed by atoms with Crippen LogP contribution < -0.4 is 4.90 Å². The van der Waals surface area contributed by atoms with Crippen LogP contribution in [0.2, 0.25) is 0 Å². The third-order valence-electron chi connectivity index (χ3n) is 8.93. The molecule has 3 heteroatoms. The van der Waals surface area contributed by atoms with E-state index < -0.39 is 0 Å². The topological polar surface area (TPSA) is 23.6 Å². The van der Waals surface area contributed by atoms with E-state index in [4.69, 9.17) is 0 Å². The van der Waals surface area contributed by atoms with Crippen molar-refractivity contribution in [3.05, 3.63) is 29.8 Å². The van der Waals surface area contributed by atoms with Gasteiger partial charge in [0.05, 0.1) is 0 Å². The van der Waals surface area contributed by atoms with Crippen molar-refractivity contribution >= 4 is 11.6 Å². The van der Waals surface area contributed by atoms with Crippen LogP contribution >= 0.6 is 0 Å². The number of fused-ring (bicyclic) bond motifs is 4. The number of nitrogens with zero attached hydrogens (tertiary/aromatic N) is 2. The molecule has 0 aromatic heterocycles. The quantitative estimate of drug-likeness (QED) is 0.721. The summed E-state index contributed by atoms with van der Waals surface area (Å²) in [6.07, 6.45) is 10.8. The van der Waals surface area contributed by atoms with Gasteiger partial charge in [-0.2, -0.15) is 0 Å². The molecule has 2 aliphatic heterocycles. The fourth-order valence-corrected chi connectivity index (χ4v) is 7.35. The van der Waals surface area contributed by atoms with E-state index in [1.807, 2.05) is 4.90 Å². The number of rotatable bonds is 2. The Labute approximate surface area is 170 Å². The van der Waals surface area contributed by atoms with Gasteiger partial charge in [0.25, 0.3) is 0 Å². The van der Waals surface area contributed by atoms with Crippen LogP contribution in [0.5, 0.6) is 0 Å². The zero-order valence-electron chi connectivity index (χ0n) is 17.7. The number of piperidine rings is 1. The van der Waals surface area contributed by atoms with Gasteiger partial charge in [-0.15, -0.1) is 0 Å². The van der Waals surface area contributed by atoms with Gasteiger partial charge in [0.15, 0.2) is 0 Å². The Bertz CT molecular complexity index is 736. The highest BCUT2D eigenvalue weighted by atomic mass is 16.2. The molecule has 4 aliphatic rings. The molecule has 5 rings (SSSR count). The molecule has 3 nitrogen and oxygen atoms in total. The number of benzene rings is 1. The molecule has 2 bridgehead atoms. The largest absolute Gasteiger partial charge is 0.312 e. The van der Waals surface area contributed by atoms with Crippen molar-refractivity contribution in [2.75, 3.05) is 24.5 Å². The molecule has 1 aromatic carbocycles. The van der Waals surface area contributed by atoms with Crippen molar-refractivity contribution < 1.29 is 4.79 Å². The van der Waals surface area contributed by atoms with Crippen molar-refractivity contribution in [3.63, 3.8) is 0 Å². The fraction of sp³-hybridized carbons (Fsp3) is 0.720. The normalized spacial score (nSPS) is 32.9. The number of carbonyl (C=O) groups excluding carboxylic acids is 1. The average Bonchev–Trinajstić information content (AvgIpc) is 3.31. The average molecular weight is 381 g/mol. The van der Waals surface area contributed by atoms with E-state index in [-0.39, 0.29) is 11.3 Å². The van der Waals surface area contributed by atoms with E-state index in [1.54, 1.807) is 6.92 Å². The minimum absolute atomic E-state index is 0.187. The second-order valence-corrected chi connectivity index (χ2v) is 10.2. The van der Waals surface area contributed by atoms with E-state index in [0.29, 0.717) is 0 Å². The maximum absolute atomic E-state index is 12.3. The molecule has 1 saturated heterocycles. The van der Waals surface area contributed by atoms with Crippen LogP contribution in [0.1, 0.15) is 70.8 Å². The fourth-order valence-electron chi connectivity index (χ4n) is 7.35. The van der Waals surface area contributed by atoms with Gasteiger partial charge in [0.1, 0.15) is 0 Å². The third-order valence-corrected chi connectivity index (χ3v) is 8.93. The lowest BCUT2D eigenvalue weighted by Crippen LogP contribution is -2.49. The van der Waals surface area contributed by atoms with Crippen LogP contribution in [0.15, 0.2) is 24.3 Å². The lowest BCUT2D eigenvalue weighted by atomic mass is 9.69. The van der Waals surface area contributed by atoms with Gasteiger partial charge < -0.3 is 9.80 Å². The summed E-state index contributed by atoms with van der Waals surface area (Å²) < 4.78 is 0. The molecule has 152 valence electrons. The molecule has 1 aromatic rings. The highest BCUT2D eigenvalue weighted by molar-refractivity contribution is 5.92. The monoisotopic (exact) mass is 380 g/mol. The Kier molecular flexibility index (Phi) is 4.77. The van der Waals surface area contributed by atoms with Crippen molar-refractivity contribution in [2.24, 2.45) is 17.8 Å². The van der Waals surface area contributed by atoms with Crippen LogP contribution in [0.25, 0.3) is 0 Å². The van der Waals surface area contributed by atoms with Crippen LogP contribution in [0, 0.1) is 17.8 Å². The molecule has 2 heterocycles. The zero-order valence-corrected chi connectivity index (χ0v) is 17.7.